The van der Waals surface area contributed by atoms with E-state index >= 15 is 0 Å². The Morgan fingerprint density at radius 3 is 2.52 bits per heavy atom. The molecular formula is C18H19ClN2O4. The van der Waals surface area contributed by atoms with Crippen LogP contribution < -0.4 is 10.9 Å². The van der Waals surface area contributed by atoms with Crippen molar-refractivity contribution >= 4 is 23.5 Å². The Morgan fingerprint density at radius 2 is 1.88 bits per heavy atom. The first-order valence-corrected chi connectivity index (χ1v) is 8.04. The zero-order valence-electron chi connectivity index (χ0n) is 14.0. The first-order chi connectivity index (χ1) is 11.7. The number of aliphatic carboxylic acids is 1. The van der Waals surface area contributed by atoms with Crippen LogP contribution in [0.2, 0.25) is 5.02 Å². The lowest BCUT2D eigenvalue weighted by molar-refractivity contribution is -0.146. The Bertz CT molecular complexity index is 858. The third kappa shape index (κ3) is 4.70. The largest absolute Gasteiger partial charge is 0.481 e. The lowest BCUT2D eigenvalue weighted by atomic mass is 9.94. The zero-order chi connectivity index (χ0) is 18.6. The van der Waals surface area contributed by atoms with Crippen molar-refractivity contribution in [3.05, 3.63) is 69.1 Å². The van der Waals surface area contributed by atoms with E-state index in [1.54, 1.807) is 18.2 Å². The Labute approximate surface area is 150 Å². The number of hydrogen-bond donors (Lipinski definition) is 2. The molecule has 1 amide bonds. The number of aromatic nitrogens is 1. The van der Waals surface area contributed by atoms with Gasteiger partial charge >= 0.3 is 5.97 Å². The molecule has 0 radical (unpaired) electrons. The van der Waals surface area contributed by atoms with Gasteiger partial charge in [-0.3, -0.25) is 14.4 Å². The summed E-state index contributed by atoms with van der Waals surface area (Å²) in [6.07, 6.45) is 1.44. The number of benzene rings is 1. The lowest BCUT2D eigenvalue weighted by Crippen LogP contribution is -2.39. The number of hydrogen-bond acceptors (Lipinski definition) is 3. The van der Waals surface area contributed by atoms with Gasteiger partial charge in [0.2, 0.25) is 0 Å². The number of halogens is 1. The van der Waals surface area contributed by atoms with Crippen LogP contribution in [0.4, 0.5) is 0 Å². The SMILES string of the molecule is CC(C)(CNC(=O)c1ccc(=O)n(Cc2ccccc2Cl)c1)C(=O)O. The van der Waals surface area contributed by atoms with E-state index in [0.717, 1.165) is 5.56 Å². The maximum Gasteiger partial charge on any atom is 0.310 e. The summed E-state index contributed by atoms with van der Waals surface area (Å²) in [5.74, 6) is -1.45. The highest BCUT2D eigenvalue weighted by Gasteiger charge is 2.27. The van der Waals surface area contributed by atoms with Crippen LogP contribution in [-0.4, -0.2) is 28.1 Å². The lowest BCUT2D eigenvalue weighted by Gasteiger charge is -2.19. The molecule has 0 aliphatic rings. The van der Waals surface area contributed by atoms with Gasteiger partial charge in [0.15, 0.2) is 0 Å². The van der Waals surface area contributed by atoms with Gasteiger partial charge in [-0.25, -0.2) is 0 Å². The van der Waals surface area contributed by atoms with Gasteiger partial charge < -0.3 is 15.0 Å². The fraction of sp³-hybridized carbons (Fsp3) is 0.278. The van der Waals surface area contributed by atoms with Gasteiger partial charge in [-0.15, -0.1) is 0 Å². The van der Waals surface area contributed by atoms with Gasteiger partial charge in [-0.1, -0.05) is 29.8 Å². The molecule has 2 N–H and O–H groups in total. The molecule has 0 bridgehead atoms. The van der Waals surface area contributed by atoms with Crippen molar-refractivity contribution in [2.75, 3.05) is 6.54 Å². The van der Waals surface area contributed by atoms with Gasteiger partial charge in [0.05, 0.1) is 17.5 Å². The summed E-state index contributed by atoms with van der Waals surface area (Å²) < 4.78 is 1.39. The monoisotopic (exact) mass is 362 g/mol. The Kier molecular flexibility index (Phi) is 5.64. The molecule has 0 saturated carbocycles. The number of carboxylic acids is 1. The summed E-state index contributed by atoms with van der Waals surface area (Å²) in [4.78, 5) is 35.4. The van der Waals surface area contributed by atoms with Crippen molar-refractivity contribution in [3.8, 4) is 0 Å². The molecule has 0 unspecified atom stereocenters. The molecule has 0 aliphatic heterocycles. The van der Waals surface area contributed by atoms with E-state index in [2.05, 4.69) is 5.32 Å². The maximum atomic E-state index is 12.3. The molecule has 2 aromatic rings. The summed E-state index contributed by atoms with van der Waals surface area (Å²) >= 11 is 6.11. The highest BCUT2D eigenvalue weighted by Crippen LogP contribution is 2.16. The standard InChI is InChI=1S/C18H19ClN2O4/c1-18(2,17(24)25)11-20-16(23)13-7-8-15(22)21(10-13)9-12-5-3-4-6-14(12)19/h3-8,10H,9,11H2,1-2H3,(H,20,23)(H,24,25). The van der Waals surface area contributed by atoms with Crippen LogP contribution >= 0.6 is 11.6 Å². The second-order valence-electron chi connectivity index (χ2n) is 6.35. The van der Waals surface area contributed by atoms with E-state index in [-0.39, 0.29) is 24.2 Å². The van der Waals surface area contributed by atoms with Crippen LogP contribution in [0.3, 0.4) is 0 Å². The summed E-state index contributed by atoms with van der Waals surface area (Å²) in [5, 5.41) is 12.2. The molecule has 2 rings (SSSR count). The number of carbonyl (C=O) groups excluding carboxylic acids is 1. The molecule has 6 nitrogen and oxygen atoms in total. The predicted octanol–water partition coefficient (Wildman–Crippen LogP) is 2.39. The fourth-order valence-corrected chi connectivity index (χ4v) is 2.27. The molecule has 1 aromatic heterocycles. The Balaban J connectivity index is 2.18. The summed E-state index contributed by atoms with van der Waals surface area (Å²) in [6.45, 7) is 3.26. The van der Waals surface area contributed by atoms with E-state index in [1.165, 1.54) is 36.7 Å². The minimum atomic E-state index is -1.08. The van der Waals surface area contributed by atoms with E-state index in [9.17, 15) is 14.4 Å². The van der Waals surface area contributed by atoms with Gasteiger partial charge in [0.25, 0.3) is 11.5 Å². The van der Waals surface area contributed by atoms with Crippen LogP contribution in [0.5, 0.6) is 0 Å². The van der Waals surface area contributed by atoms with Crippen molar-refractivity contribution < 1.29 is 14.7 Å². The molecular weight excluding hydrogens is 344 g/mol. The molecule has 0 saturated heterocycles. The van der Waals surface area contributed by atoms with Crippen LogP contribution in [0, 0.1) is 5.41 Å². The molecule has 7 heteroatoms. The predicted molar refractivity (Wildman–Crippen MR) is 95.0 cm³/mol. The maximum absolute atomic E-state index is 12.3. The minimum absolute atomic E-state index is 0.0230. The molecule has 25 heavy (non-hydrogen) atoms. The molecule has 0 fully saturated rings. The van der Waals surface area contributed by atoms with E-state index in [4.69, 9.17) is 16.7 Å². The van der Waals surface area contributed by atoms with Gasteiger partial charge in [0, 0.05) is 23.8 Å². The number of nitrogens with one attached hydrogen (secondary N) is 1. The number of carbonyl (C=O) groups is 2. The molecule has 0 aliphatic carbocycles. The number of nitrogens with zero attached hydrogens (tertiary/aromatic N) is 1. The van der Waals surface area contributed by atoms with Crippen molar-refractivity contribution in [2.45, 2.75) is 20.4 Å². The van der Waals surface area contributed by atoms with E-state index in [0.29, 0.717) is 5.02 Å². The van der Waals surface area contributed by atoms with Crippen LogP contribution in [-0.2, 0) is 11.3 Å². The average molecular weight is 363 g/mol. The highest BCUT2D eigenvalue weighted by molar-refractivity contribution is 6.31. The van der Waals surface area contributed by atoms with Crippen molar-refractivity contribution in [1.82, 2.24) is 9.88 Å². The fourth-order valence-electron chi connectivity index (χ4n) is 2.08. The zero-order valence-corrected chi connectivity index (χ0v) is 14.7. The minimum Gasteiger partial charge on any atom is -0.481 e. The molecule has 0 atom stereocenters. The van der Waals surface area contributed by atoms with E-state index in [1.807, 2.05) is 6.07 Å². The number of amides is 1. The van der Waals surface area contributed by atoms with Gasteiger partial charge in [-0.2, -0.15) is 0 Å². The Hall–Kier alpha value is -2.60. The topological polar surface area (TPSA) is 88.4 Å². The highest BCUT2D eigenvalue weighted by atomic mass is 35.5. The summed E-state index contributed by atoms with van der Waals surface area (Å²) in [5.41, 5.74) is -0.312. The number of pyridine rings is 1. The Morgan fingerprint density at radius 1 is 1.20 bits per heavy atom. The van der Waals surface area contributed by atoms with Crippen molar-refractivity contribution in [3.63, 3.8) is 0 Å². The van der Waals surface area contributed by atoms with Crippen molar-refractivity contribution in [1.29, 1.82) is 0 Å². The second-order valence-corrected chi connectivity index (χ2v) is 6.75. The third-order valence-corrected chi connectivity index (χ3v) is 4.18. The first kappa shape index (κ1) is 18.7. The molecule has 0 spiro atoms. The van der Waals surface area contributed by atoms with Crippen LogP contribution in [0.25, 0.3) is 0 Å². The second kappa shape index (κ2) is 7.53. The average Bonchev–Trinajstić information content (AvgIpc) is 2.56. The smallest absolute Gasteiger partial charge is 0.310 e. The van der Waals surface area contributed by atoms with Gasteiger partial charge in [-0.05, 0) is 31.5 Å². The molecule has 1 aromatic carbocycles. The third-order valence-electron chi connectivity index (χ3n) is 3.81. The summed E-state index contributed by atoms with van der Waals surface area (Å²) in [7, 11) is 0. The molecule has 132 valence electrons. The first-order valence-electron chi connectivity index (χ1n) is 7.66. The normalized spacial score (nSPS) is 11.2. The van der Waals surface area contributed by atoms with Gasteiger partial charge in [0.1, 0.15) is 0 Å². The number of carboxylic acid groups (broad SMARTS) is 1. The van der Waals surface area contributed by atoms with E-state index < -0.39 is 17.3 Å². The number of rotatable bonds is 6. The summed E-state index contributed by atoms with van der Waals surface area (Å²) in [6, 6.07) is 9.85. The molecule has 1 heterocycles. The van der Waals surface area contributed by atoms with Crippen LogP contribution in [0.1, 0.15) is 29.8 Å². The quantitative estimate of drug-likeness (QED) is 0.825. The van der Waals surface area contributed by atoms with Crippen molar-refractivity contribution in [2.24, 2.45) is 5.41 Å². The van der Waals surface area contributed by atoms with Crippen LogP contribution in [0.15, 0.2) is 47.4 Å².